The zero-order valence-corrected chi connectivity index (χ0v) is 37.4. The van der Waals surface area contributed by atoms with Gasteiger partial charge in [-0.05, 0) is 103 Å². The van der Waals surface area contributed by atoms with Gasteiger partial charge >= 0.3 is 0 Å². The molecular weight excluding hydrogens is 685 g/mol. The van der Waals surface area contributed by atoms with E-state index in [4.69, 9.17) is 4.74 Å². The summed E-state index contributed by atoms with van der Waals surface area (Å²) in [6.07, 6.45) is 4.19. The monoisotopic (exact) mass is 748 g/mol. The van der Waals surface area contributed by atoms with Crippen LogP contribution in [0.4, 0.5) is 0 Å². The van der Waals surface area contributed by atoms with Gasteiger partial charge in [0.1, 0.15) is 12.4 Å². The first kappa shape index (κ1) is 39.8. The molecule has 0 bridgehead atoms. The van der Waals surface area contributed by atoms with E-state index in [-0.39, 0.29) is 11.0 Å². The maximum atomic E-state index is 6.93. The molecule has 0 heterocycles. The largest absolute Gasteiger partial charge is 0.489 e. The van der Waals surface area contributed by atoms with Crippen LogP contribution in [0.1, 0.15) is 112 Å². The van der Waals surface area contributed by atoms with Gasteiger partial charge in [-0.15, -0.1) is 0 Å². The average Bonchev–Trinajstić information content (AvgIpc) is 3.49. The molecule has 0 spiro atoms. The summed E-state index contributed by atoms with van der Waals surface area (Å²) in [4.78, 5) is 0. The maximum Gasteiger partial charge on any atom is 0.122 e. The molecule has 3 heteroatoms. The van der Waals surface area contributed by atoms with Crippen LogP contribution in [0.2, 0.25) is 26.2 Å². The molecular formula is C51H64OSi2. The van der Waals surface area contributed by atoms with Crippen molar-refractivity contribution >= 4 is 27.2 Å². The first-order valence-electron chi connectivity index (χ1n) is 20.5. The Hall–Kier alpha value is -3.93. The van der Waals surface area contributed by atoms with Crippen LogP contribution in [0.5, 0.6) is 5.75 Å². The molecule has 1 aliphatic carbocycles. The van der Waals surface area contributed by atoms with Crippen molar-refractivity contribution in [3.8, 4) is 39.1 Å². The highest BCUT2D eigenvalue weighted by atomic mass is 28.3. The van der Waals surface area contributed by atoms with Gasteiger partial charge in [-0.2, -0.15) is 0 Å². The fourth-order valence-electron chi connectivity index (χ4n) is 9.15. The number of hydrogen-bond acceptors (Lipinski definition) is 1. The molecule has 0 N–H and O–H groups in total. The van der Waals surface area contributed by atoms with Gasteiger partial charge < -0.3 is 4.74 Å². The van der Waals surface area contributed by atoms with Crippen molar-refractivity contribution in [2.75, 3.05) is 6.61 Å². The minimum atomic E-state index is -2.40. The van der Waals surface area contributed by atoms with Crippen molar-refractivity contribution in [2.24, 2.45) is 0 Å². The van der Waals surface area contributed by atoms with Gasteiger partial charge in [0.2, 0.25) is 0 Å². The van der Waals surface area contributed by atoms with Crippen molar-refractivity contribution < 1.29 is 4.74 Å². The van der Waals surface area contributed by atoms with Gasteiger partial charge in [0, 0.05) is 5.54 Å². The second kappa shape index (κ2) is 15.7. The molecule has 0 fully saturated rings. The Morgan fingerprint density at radius 2 is 1.22 bits per heavy atom. The molecule has 2 unspecified atom stereocenters. The second-order valence-electron chi connectivity index (χ2n) is 18.0. The SMILES string of the molecule is C=CCOc1c([Si](C)(C)C2c3cc(-c4cccc(C(C)CC)c4)ccc3-c3ccc(-c4cccc(C(C)CC)c4)cc32)cc(C)c([SiH](C)C)c1C(C)(C)C. The van der Waals surface area contributed by atoms with E-state index in [1.165, 1.54) is 71.9 Å². The van der Waals surface area contributed by atoms with Crippen LogP contribution in [0.15, 0.2) is 104 Å². The fourth-order valence-corrected chi connectivity index (χ4v) is 15.0. The Morgan fingerprint density at radius 1 is 0.741 bits per heavy atom. The minimum absolute atomic E-state index is 0.0541. The van der Waals surface area contributed by atoms with E-state index >= 15 is 0 Å². The van der Waals surface area contributed by atoms with Crippen LogP contribution >= 0.6 is 0 Å². The van der Waals surface area contributed by atoms with E-state index in [9.17, 15) is 0 Å². The third-order valence-electron chi connectivity index (χ3n) is 12.4. The zero-order valence-electron chi connectivity index (χ0n) is 35.3. The van der Waals surface area contributed by atoms with Crippen molar-refractivity contribution in [2.45, 2.75) is 117 Å². The van der Waals surface area contributed by atoms with Crippen molar-refractivity contribution in [1.29, 1.82) is 0 Å². The van der Waals surface area contributed by atoms with Crippen LogP contribution in [0, 0.1) is 6.92 Å². The van der Waals surface area contributed by atoms with Gasteiger partial charge in [0.25, 0.3) is 0 Å². The summed E-state index contributed by atoms with van der Waals surface area (Å²) in [6, 6.07) is 35.7. The summed E-state index contributed by atoms with van der Waals surface area (Å²) < 4.78 is 6.93. The molecule has 0 radical (unpaired) electrons. The lowest BCUT2D eigenvalue weighted by Gasteiger charge is -2.38. The molecule has 1 nitrogen and oxygen atoms in total. The number of ether oxygens (including phenoxy) is 1. The predicted octanol–water partition coefficient (Wildman–Crippen LogP) is 13.2. The number of aryl methyl sites for hydroxylation is 1. The van der Waals surface area contributed by atoms with E-state index in [0.717, 1.165) is 18.6 Å². The van der Waals surface area contributed by atoms with Crippen molar-refractivity contribution in [3.63, 3.8) is 0 Å². The maximum absolute atomic E-state index is 6.93. The predicted molar refractivity (Wildman–Crippen MR) is 243 cm³/mol. The first-order valence-corrected chi connectivity index (χ1v) is 26.5. The summed E-state index contributed by atoms with van der Waals surface area (Å²) in [5.74, 6) is 2.20. The molecule has 0 saturated carbocycles. The summed E-state index contributed by atoms with van der Waals surface area (Å²) in [6.45, 7) is 33.5. The highest BCUT2D eigenvalue weighted by Crippen LogP contribution is 2.52. The van der Waals surface area contributed by atoms with Gasteiger partial charge in [-0.1, -0.05) is 189 Å². The number of fused-ring (bicyclic) bond motifs is 3. The minimum Gasteiger partial charge on any atom is -0.489 e. The van der Waals surface area contributed by atoms with E-state index in [2.05, 4.69) is 179 Å². The lowest BCUT2D eigenvalue weighted by Crippen LogP contribution is -2.51. The smallest absolute Gasteiger partial charge is 0.122 e. The highest BCUT2D eigenvalue weighted by molar-refractivity contribution is 6.92. The van der Waals surface area contributed by atoms with Gasteiger partial charge in [-0.25, -0.2) is 0 Å². The molecule has 5 aromatic carbocycles. The second-order valence-corrected chi connectivity index (χ2v) is 25.4. The van der Waals surface area contributed by atoms with E-state index in [1.54, 1.807) is 5.19 Å². The molecule has 0 aliphatic heterocycles. The summed E-state index contributed by atoms with van der Waals surface area (Å²) in [5.41, 5.74) is 16.8. The Morgan fingerprint density at radius 3 is 1.65 bits per heavy atom. The number of hydrogen-bond donors (Lipinski definition) is 0. The van der Waals surface area contributed by atoms with E-state index in [0.29, 0.717) is 18.4 Å². The standard InChI is InChI=1S/C51H64OSi2/c1-14-27-52-48-46(28-35(6)49(53(10)11)47(48)51(7,8)9)54(12,13)50-44-31-40(38-21-17-19-36(29-38)33(4)15-2)23-25-42(44)43-26-24-41(32-45(43)50)39-22-18-20-37(30-39)34(5)16-3/h14,17-26,28-34,50,53H,1,15-16,27H2,2-13H3. The Balaban J connectivity index is 1.63. The molecule has 0 amide bonds. The van der Waals surface area contributed by atoms with Gasteiger partial charge in [-0.3, -0.25) is 0 Å². The number of rotatable bonds is 12. The molecule has 0 aromatic heterocycles. The fraction of sp³-hybridized carbons (Fsp3) is 0.373. The molecule has 2 atom stereocenters. The topological polar surface area (TPSA) is 9.23 Å². The number of benzene rings is 5. The molecule has 6 rings (SSSR count). The summed E-state index contributed by atoms with van der Waals surface area (Å²) >= 11 is 0. The van der Waals surface area contributed by atoms with Gasteiger partial charge in [0.15, 0.2) is 0 Å². The van der Waals surface area contributed by atoms with Crippen LogP contribution < -0.4 is 15.1 Å². The molecule has 282 valence electrons. The Bertz CT molecular complexity index is 2060. The zero-order chi connectivity index (χ0) is 39.1. The first-order chi connectivity index (χ1) is 25.6. The van der Waals surface area contributed by atoms with E-state index in [1.807, 2.05) is 6.08 Å². The van der Waals surface area contributed by atoms with Crippen LogP contribution in [-0.2, 0) is 5.41 Å². The third kappa shape index (κ3) is 7.39. The third-order valence-corrected chi connectivity index (χ3v) is 18.2. The van der Waals surface area contributed by atoms with Crippen LogP contribution in [-0.4, -0.2) is 23.5 Å². The van der Waals surface area contributed by atoms with Crippen LogP contribution in [0.3, 0.4) is 0 Å². The lowest BCUT2D eigenvalue weighted by molar-refractivity contribution is 0.354. The molecule has 5 aromatic rings. The quantitative estimate of drug-likeness (QED) is 0.0912. The Kier molecular flexibility index (Phi) is 11.5. The lowest BCUT2D eigenvalue weighted by atomic mass is 9.85. The summed E-state index contributed by atoms with van der Waals surface area (Å²) in [7, 11) is -3.59. The Labute approximate surface area is 330 Å². The van der Waals surface area contributed by atoms with Gasteiger partial charge in [0.05, 0.1) is 16.9 Å². The molecule has 54 heavy (non-hydrogen) atoms. The van der Waals surface area contributed by atoms with Crippen molar-refractivity contribution in [3.05, 3.63) is 137 Å². The molecule has 1 aliphatic rings. The van der Waals surface area contributed by atoms with Crippen molar-refractivity contribution in [1.82, 2.24) is 0 Å². The molecule has 0 saturated heterocycles. The van der Waals surface area contributed by atoms with E-state index < -0.39 is 16.9 Å². The average molecular weight is 749 g/mol. The van der Waals surface area contributed by atoms with Crippen LogP contribution in [0.25, 0.3) is 33.4 Å². The highest BCUT2D eigenvalue weighted by Gasteiger charge is 2.45. The summed E-state index contributed by atoms with van der Waals surface area (Å²) in [5, 5.41) is 3.00. The normalized spacial score (nSPS) is 15.2.